The van der Waals surface area contributed by atoms with Crippen LogP contribution < -0.4 is 26.2 Å². The summed E-state index contributed by atoms with van der Waals surface area (Å²) in [5, 5.41) is 7.21. The molecular formula is C25H29ClN6O2. The van der Waals surface area contributed by atoms with Crippen LogP contribution in [0.15, 0.2) is 24.4 Å². The smallest absolute Gasteiger partial charge is 0.235 e. The maximum atomic E-state index is 13.0. The fourth-order valence-electron chi connectivity index (χ4n) is 6.68. The van der Waals surface area contributed by atoms with Crippen molar-refractivity contribution in [2.75, 3.05) is 17.7 Å². The molecular weight excluding hydrogens is 452 g/mol. The van der Waals surface area contributed by atoms with E-state index in [9.17, 15) is 4.79 Å². The molecule has 0 bridgehead atoms. The standard InChI is InChI=1S/C25H29ClN6O2/c1-34-14-5-7-19-16(9-14)25(24(33)28-19)10-17(25)13-4-6-15-20(8-13)31-32-22(15)30-23-18(26)11-27-21(29-23)12-2-3-12/h5,7,9,11-13,15,17,20,22,31-32H,2-4,6,8,10H2,1H3,(H,28,33)(H,27,29,30)/t13?,15?,17-,20?,22?,25-/m0/s1. The highest BCUT2D eigenvalue weighted by atomic mass is 35.5. The molecule has 34 heavy (non-hydrogen) atoms. The number of hydrogen-bond donors (Lipinski definition) is 4. The number of ether oxygens (including phenoxy) is 1. The maximum absolute atomic E-state index is 13.0. The molecule has 1 aromatic heterocycles. The number of carbonyl (C=O) groups is 1. The number of methoxy groups -OCH3 is 1. The Labute approximate surface area is 203 Å². The van der Waals surface area contributed by atoms with Crippen LogP contribution in [0.5, 0.6) is 5.75 Å². The third kappa shape index (κ3) is 3.15. The molecule has 4 N–H and O–H groups in total. The van der Waals surface area contributed by atoms with Gasteiger partial charge in [-0.25, -0.2) is 15.4 Å². The van der Waals surface area contributed by atoms with Crippen LogP contribution in [-0.4, -0.2) is 35.2 Å². The molecule has 3 aliphatic carbocycles. The quantitative estimate of drug-likeness (QED) is 0.519. The van der Waals surface area contributed by atoms with Crippen molar-refractivity contribution in [3.63, 3.8) is 0 Å². The fraction of sp³-hybridized carbons (Fsp3) is 0.560. The zero-order valence-electron chi connectivity index (χ0n) is 19.1. The van der Waals surface area contributed by atoms with E-state index < -0.39 is 0 Å². The van der Waals surface area contributed by atoms with Crippen molar-refractivity contribution in [1.82, 2.24) is 20.8 Å². The van der Waals surface area contributed by atoms with E-state index in [-0.39, 0.29) is 17.5 Å². The second-order valence-corrected chi connectivity index (χ2v) is 11.0. The number of nitrogens with zero attached hydrogens (tertiary/aromatic N) is 2. The van der Waals surface area contributed by atoms with Gasteiger partial charge in [0.15, 0.2) is 0 Å². The lowest BCUT2D eigenvalue weighted by molar-refractivity contribution is -0.118. The van der Waals surface area contributed by atoms with E-state index in [1.807, 2.05) is 12.1 Å². The Balaban J connectivity index is 1.05. The van der Waals surface area contributed by atoms with Crippen molar-refractivity contribution < 1.29 is 9.53 Å². The number of hydrazine groups is 1. The number of amides is 1. The van der Waals surface area contributed by atoms with Gasteiger partial charge in [0.2, 0.25) is 5.91 Å². The van der Waals surface area contributed by atoms with Gasteiger partial charge in [-0.2, -0.15) is 0 Å². The van der Waals surface area contributed by atoms with Crippen LogP contribution in [0.3, 0.4) is 0 Å². The number of aromatic nitrogens is 2. The number of anilines is 2. The van der Waals surface area contributed by atoms with E-state index in [2.05, 4.69) is 32.5 Å². The minimum absolute atomic E-state index is 0.0679. The van der Waals surface area contributed by atoms with Crippen LogP contribution in [0.1, 0.15) is 55.8 Å². The summed E-state index contributed by atoms with van der Waals surface area (Å²) in [6.45, 7) is 0. The van der Waals surface area contributed by atoms with Gasteiger partial charge in [-0.05, 0) is 74.1 Å². The molecule has 9 heteroatoms. The lowest BCUT2D eigenvalue weighted by Gasteiger charge is -2.34. The van der Waals surface area contributed by atoms with Crippen LogP contribution in [0, 0.1) is 17.8 Å². The van der Waals surface area contributed by atoms with Gasteiger partial charge in [0, 0.05) is 23.6 Å². The second kappa shape index (κ2) is 7.54. The fourth-order valence-corrected chi connectivity index (χ4v) is 6.83. The molecule has 4 unspecified atom stereocenters. The zero-order chi connectivity index (χ0) is 23.0. The summed E-state index contributed by atoms with van der Waals surface area (Å²) in [5.41, 5.74) is 8.65. The molecule has 1 saturated heterocycles. The number of rotatable bonds is 5. The van der Waals surface area contributed by atoms with Crippen molar-refractivity contribution in [1.29, 1.82) is 0 Å². The molecule has 2 aliphatic heterocycles. The van der Waals surface area contributed by atoms with Crippen LogP contribution in [0.2, 0.25) is 5.02 Å². The summed E-state index contributed by atoms with van der Waals surface area (Å²) < 4.78 is 5.44. The Morgan fingerprint density at radius 3 is 2.91 bits per heavy atom. The third-order valence-corrected chi connectivity index (χ3v) is 9.02. The summed E-state index contributed by atoms with van der Waals surface area (Å²) in [7, 11) is 1.68. The Morgan fingerprint density at radius 2 is 2.09 bits per heavy atom. The molecule has 178 valence electrons. The summed E-state index contributed by atoms with van der Waals surface area (Å²) in [4.78, 5) is 22.2. The summed E-state index contributed by atoms with van der Waals surface area (Å²) in [6, 6.07) is 6.29. The number of nitrogens with one attached hydrogen (secondary N) is 4. The summed E-state index contributed by atoms with van der Waals surface area (Å²) in [6.07, 6.45) is 8.29. The SMILES string of the molecule is COc1ccc2c(c1)[C@]1(C[C@H]1C1CCC3C(C1)NNC3Nc1nc(C3CC3)ncc1Cl)C(=O)N2. The Bertz CT molecular complexity index is 1170. The number of benzene rings is 1. The van der Waals surface area contributed by atoms with Crippen LogP contribution >= 0.6 is 11.6 Å². The molecule has 2 aromatic rings. The molecule has 5 aliphatic rings. The van der Waals surface area contributed by atoms with E-state index >= 15 is 0 Å². The van der Waals surface area contributed by atoms with Gasteiger partial charge in [0.25, 0.3) is 0 Å². The number of hydrogen-bond acceptors (Lipinski definition) is 7. The highest BCUT2D eigenvalue weighted by Gasteiger charge is 2.67. The average molecular weight is 481 g/mol. The van der Waals surface area contributed by atoms with Crippen molar-refractivity contribution in [2.24, 2.45) is 17.8 Å². The molecule has 3 heterocycles. The van der Waals surface area contributed by atoms with Gasteiger partial charge in [0.1, 0.15) is 22.4 Å². The Kier molecular flexibility index (Phi) is 4.64. The Hall–Kier alpha value is -2.42. The lowest BCUT2D eigenvalue weighted by Crippen LogP contribution is -2.39. The predicted molar refractivity (Wildman–Crippen MR) is 129 cm³/mol. The van der Waals surface area contributed by atoms with Gasteiger partial charge < -0.3 is 15.4 Å². The topological polar surface area (TPSA) is 100 Å². The van der Waals surface area contributed by atoms with Crippen LogP contribution in [0.4, 0.5) is 11.5 Å². The summed E-state index contributed by atoms with van der Waals surface area (Å²) >= 11 is 6.41. The number of carbonyl (C=O) groups excluding carboxylic acids is 1. The number of fused-ring (bicyclic) bond motifs is 3. The van der Waals surface area contributed by atoms with Crippen LogP contribution in [0.25, 0.3) is 0 Å². The molecule has 6 atom stereocenters. The maximum Gasteiger partial charge on any atom is 0.235 e. The normalized spacial score (nSPS) is 35.6. The predicted octanol–water partition coefficient (Wildman–Crippen LogP) is 3.56. The molecule has 8 nitrogen and oxygen atoms in total. The molecule has 4 fully saturated rings. The van der Waals surface area contributed by atoms with E-state index in [4.69, 9.17) is 21.3 Å². The first kappa shape index (κ1) is 20.9. The molecule has 0 radical (unpaired) electrons. The van der Waals surface area contributed by atoms with Crippen molar-refractivity contribution in [2.45, 2.75) is 62.1 Å². The molecule has 1 aromatic carbocycles. The van der Waals surface area contributed by atoms with Crippen molar-refractivity contribution >= 4 is 29.0 Å². The van der Waals surface area contributed by atoms with E-state index in [0.717, 1.165) is 67.2 Å². The first-order valence-electron chi connectivity index (χ1n) is 12.4. The molecule has 7 rings (SSSR count). The van der Waals surface area contributed by atoms with Crippen molar-refractivity contribution in [3.05, 3.63) is 40.8 Å². The third-order valence-electron chi connectivity index (χ3n) is 8.74. The average Bonchev–Trinajstić information content (AvgIpc) is 3.76. The van der Waals surface area contributed by atoms with Gasteiger partial charge in [-0.3, -0.25) is 10.2 Å². The first-order valence-corrected chi connectivity index (χ1v) is 12.7. The zero-order valence-corrected chi connectivity index (χ0v) is 19.9. The van der Waals surface area contributed by atoms with E-state index in [1.165, 1.54) is 0 Å². The molecule has 1 amide bonds. The Morgan fingerprint density at radius 1 is 1.21 bits per heavy atom. The second-order valence-electron chi connectivity index (χ2n) is 10.6. The van der Waals surface area contributed by atoms with E-state index in [1.54, 1.807) is 13.3 Å². The van der Waals surface area contributed by atoms with Gasteiger partial charge in [-0.15, -0.1) is 0 Å². The molecule has 3 saturated carbocycles. The van der Waals surface area contributed by atoms with Gasteiger partial charge >= 0.3 is 0 Å². The van der Waals surface area contributed by atoms with Crippen LogP contribution in [-0.2, 0) is 10.2 Å². The largest absolute Gasteiger partial charge is 0.497 e. The van der Waals surface area contributed by atoms with Crippen molar-refractivity contribution in [3.8, 4) is 5.75 Å². The summed E-state index contributed by atoms with van der Waals surface area (Å²) in [5.74, 6) is 4.40. The minimum atomic E-state index is -0.376. The highest BCUT2D eigenvalue weighted by Crippen LogP contribution is 2.65. The molecule has 1 spiro atoms. The minimum Gasteiger partial charge on any atom is -0.497 e. The van der Waals surface area contributed by atoms with E-state index in [0.29, 0.717) is 34.7 Å². The highest BCUT2D eigenvalue weighted by molar-refractivity contribution is 6.32. The monoisotopic (exact) mass is 480 g/mol. The van der Waals surface area contributed by atoms with Gasteiger partial charge in [-0.1, -0.05) is 11.6 Å². The van der Waals surface area contributed by atoms with Gasteiger partial charge in [0.05, 0.1) is 24.9 Å². The first-order chi connectivity index (χ1) is 16.6. The number of halogens is 1. The lowest BCUT2D eigenvalue weighted by atomic mass is 9.74.